The van der Waals surface area contributed by atoms with Crippen molar-refractivity contribution in [2.24, 2.45) is 11.8 Å². The van der Waals surface area contributed by atoms with E-state index in [0.29, 0.717) is 0 Å². The second-order valence-corrected chi connectivity index (χ2v) is 15.5. The lowest BCUT2D eigenvalue weighted by Crippen LogP contribution is -2.38. The average molecular weight is 291 g/mol. The Labute approximate surface area is 112 Å². The summed E-state index contributed by atoms with van der Waals surface area (Å²) >= 11 is 0. The third-order valence-corrected chi connectivity index (χ3v) is 3.93. The van der Waals surface area contributed by atoms with Crippen LogP contribution in [-0.2, 0) is 18.4 Å². The maximum atomic E-state index is 11.9. The maximum Gasteiger partial charge on any atom is 0.296 e. The van der Waals surface area contributed by atoms with Gasteiger partial charge in [0.15, 0.2) is 0 Å². The number of carbonyl (C=O) groups is 2. The monoisotopic (exact) mass is 290 g/mol. The van der Waals surface area contributed by atoms with Gasteiger partial charge in [0, 0.05) is 0 Å². The largest absolute Gasteiger partial charge is 0.520 e. The van der Waals surface area contributed by atoms with Gasteiger partial charge in [-0.15, -0.1) is 0 Å². The molecule has 0 aliphatic heterocycles. The minimum Gasteiger partial charge on any atom is -0.520 e. The van der Waals surface area contributed by atoms with Crippen LogP contribution in [0.25, 0.3) is 0 Å². The molecule has 0 N–H and O–H groups in total. The molecule has 0 spiro atoms. The number of rotatable bonds is 5. The molecule has 0 saturated heterocycles. The lowest BCUT2D eigenvalue weighted by Gasteiger charge is -2.26. The lowest BCUT2D eigenvalue weighted by atomic mass is 9.97. The molecule has 0 amide bonds. The molecule has 0 fully saturated rings. The zero-order valence-corrected chi connectivity index (χ0v) is 14.8. The lowest BCUT2D eigenvalue weighted by molar-refractivity contribution is -0.150. The van der Waals surface area contributed by atoms with Gasteiger partial charge in [-0.2, -0.15) is 0 Å². The highest BCUT2D eigenvalue weighted by molar-refractivity contribution is 6.71. The Balaban J connectivity index is 4.55. The van der Waals surface area contributed by atoms with Gasteiger partial charge in [-0.3, -0.25) is 9.59 Å². The van der Waals surface area contributed by atoms with Crippen LogP contribution < -0.4 is 0 Å². The first-order chi connectivity index (χ1) is 7.83. The zero-order valence-electron chi connectivity index (χ0n) is 12.8. The van der Waals surface area contributed by atoms with Crippen LogP contribution in [0.1, 0.15) is 13.8 Å². The Morgan fingerprint density at radius 3 is 1.11 bits per heavy atom. The highest BCUT2D eigenvalue weighted by atomic mass is 28.4. The third-order valence-electron chi connectivity index (χ3n) is 2.31. The Kier molecular flexibility index (Phi) is 5.80. The number of hydrogen-bond acceptors (Lipinski definition) is 4. The molecular weight excluding hydrogens is 264 g/mol. The maximum absolute atomic E-state index is 11.9. The molecule has 0 aliphatic carbocycles. The Morgan fingerprint density at radius 2 is 0.944 bits per heavy atom. The van der Waals surface area contributed by atoms with E-state index in [9.17, 15) is 9.59 Å². The zero-order chi connectivity index (χ0) is 14.7. The van der Waals surface area contributed by atoms with Crippen molar-refractivity contribution in [3.05, 3.63) is 0 Å². The van der Waals surface area contributed by atoms with E-state index >= 15 is 0 Å². The molecule has 0 aromatic heterocycles. The summed E-state index contributed by atoms with van der Waals surface area (Å²) in [7, 11) is -3.81. The first-order valence-electron chi connectivity index (χ1n) is 6.29. The first-order valence-corrected chi connectivity index (χ1v) is 13.1. The summed E-state index contributed by atoms with van der Waals surface area (Å²) in [4.78, 5) is 23.8. The Morgan fingerprint density at radius 1 is 0.722 bits per heavy atom. The predicted octanol–water partition coefficient (Wildman–Crippen LogP) is 3.01. The van der Waals surface area contributed by atoms with E-state index in [2.05, 4.69) is 0 Å². The quantitative estimate of drug-likeness (QED) is 0.730. The topological polar surface area (TPSA) is 52.6 Å². The molecular formula is C12H26O4Si2. The van der Waals surface area contributed by atoms with Gasteiger partial charge in [-0.25, -0.2) is 0 Å². The summed E-state index contributed by atoms with van der Waals surface area (Å²) in [5, 5.41) is 0. The van der Waals surface area contributed by atoms with Gasteiger partial charge in [-0.1, -0.05) is 13.8 Å². The molecule has 0 aromatic carbocycles. The van der Waals surface area contributed by atoms with Gasteiger partial charge < -0.3 is 8.85 Å². The van der Waals surface area contributed by atoms with Crippen LogP contribution in [-0.4, -0.2) is 28.6 Å². The standard InChI is InChI=1S/C12H26O4Si2/c1-9(11(13)15-17(3,4)5)10(2)12(14)16-18(6,7)8/h9-10H,1-8H3/t9-,10+. The van der Waals surface area contributed by atoms with Crippen molar-refractivity contribution in [2.75, 3.05) is 0 Å². The van der Waals surface area contributed by atoms with Crippen molar-refractivity contribution in [2.45, 2.75) is 53.1 Å². The molecule has 0 rings (SSSR count). The van der Waals surface area contributed by atoms with E-state index < -0.39 is 28.5 Å². The number of carbonyl (C=O) groups excluding carboxylic acids is 2. The molecule has 6 heteroatoms. The molecule has 0 unspecified atom stereocenters. The normalized spacial score (nSPS) is 15.8. The molecule has 0 aromatic rings. The molecule has 0 radical (unpaired) electrons. The summed E-state index contributed by atoms with van der Waals surface area (Å²) in [6.07, 6.45) is 0. The predicted molar refractivity (Wildman–Crippen MR) is 77.2 cm³/mol. The van der Waals surface area contributed by atoms with E-state index in [0.717, 1.165) is 0 Å². The third kappa shape index (κ3) is 6.95. The van der Waals surface area contributed by atoms with Crippen molar-refractivity contribution in [1.82, 2.24) is 0 Å². The van der Waals surface area contributed by atoms with Gasteiger partial charge in [0.2, 0.25) is 16.6 Å². The summed E-state index contributed by atoms with van der Waals surface area (Å²) in [6, 6.07) is 0. The van der Waals surface area contributed by atoms with E-state index in [1.165, 1.54) is 0 Å². The first kappa shape index (κ1) is 17.4. The molecule has 0 aliphatic rings. The summed E-state index contributed by atoms with van der Waals surface area (Å²) in [5.74, 6) is -1.51. The van der Waals surface area contributed by atoms with E-state index in [4.69, 9.17) is 8.85 Å². The molecule has 0 bridgehead atoms. The second-order valence-electron chi connectivity index (χ2n) is 6.64. The molecule has 18 heavy (non-hydrogen) atoms. The van der Waals surface area contributed by atoms with E-state index in [1.54, 1.807) is 13.8 Å². The highest BCUT2D eigenvalue weighted by Gasteiger charge is 2.33. The van der Waals surface area contributed by atoms with Crippen LogP contribution in [0.4, 0.5) is 0 Å². The average Bonchev–Trinajstić information content (AvgIpc) is 2.09. The van der Waals surface area contributed by atoms with Crippen molar-refractivity contribution in [1.29, 1.82) is 0 Å². The smallest absolute Gasteiger partial charge is 0.296 e. The summed E-state index contributed by atoms with van der Waals surface area (Å²) in [5.41, 5.74) is 0. The Bertz CT molecular complexity index is 283. The van der Waals surface area contributed by atoms with Crippen molar-refractivity contribution in [3.8, 4) is 0 Å². The van der Waals surface area contributed by atoms with Gasteiger partial charge in [0.1, 0.15) is 0 Å². The molecule has 0 heterocycles. The minimum atomic E-state index is -1.90. The molecule has 106 valence electrons. The van der Waals surface area contributed by atoms with Crippen LogP contribution in [0.5, 0.6) is 0 Å². The van der Waals surface area contributed by atoms with Crippen LogP contribution in [0, 0.1) is 11.8 Å². The fourth-order valence-corrected chi connectivity index (χ4v) is 2.78. The second kappa shape index (κ2) is 6.01. The number of hydrogen-bond donors (Lipinski definition) is 0. The minimum absolute atomic E-state index is 0.297. The van der Waals surface area contributed by atoms with Crippen molar-refractivity contribution >= 4 is 28.6 Å². The van der Waals surface area contributed by atoms with Gasteiger partial charge in [-0.05, 0) is 39.3 Å². The van der Waals surface area contributed by atoms with Crippen LogP contribution in [0.3, 0.4) is 0 Å². The highest BCUT2D eigenvalue weighted by Crippen LogP contribution is 2.19. The van der Waals surface area contributed by atoms with Crippen molar-refractivity contribution < 1.29 is 18.4 Å². The SMILES string of the molecule is C[C@H](C(=O)O[Si](C)(C)C)[C@@H](C)C(=O)O[Si](C)(C)C. The van der Waals surface area contributed by atoms with E-state index in [-0.39, 0.29) is 11.9 Å². The summed E-state index contributed by atoms with van der Waals surface area (Å²) in [6.45, 7) is 15.1. The van der Waals surface area contributed by atoms with Gasteiger partial charge in [0.05, 0.1) is 11.8 Å². The summed E-state index contributed by atoms with van der Waals surface area (Å²) < 4.78 is 10.8. The fraction of sp³-hybridized carbons (Fsp3) is 0.833. The fourth-order valence-electron chi connectivity index (χ4n) is 1.20. The Hall–Kier alpha value is -0.626. The van der Waals surface area contributed by atoms with Crippen LogP contribution in [0.2, 0.25) is 39.3 Å². The van der Waals surface area contributed by atoms with Gasteiger partial charge >= 0.3 is 0 Å². The van der Waals surface area contributed by atoms with Crippen LogP contribution >= 0.6 is 0 Å². The molecule has 2 atom stereocenters. The van der Waals surface area contributed by atoms with E-state index in [1.807, 2.05) is 39.3 Å². The van der Waals surface area contributed by atoms with Crippen LogP contribution in [0.15, 0.2) is 0 Å². The molecule has 4 nitrogen and oxygen atoms in total. The molecule has 0 saturated carbocycles. The van der Waals surface area contributed by atoms with Crippen molar-refractivity contribution in [3.63, 3.8) is 0 Å². The van der Waals surface area contributed by atoms with Gasteiger partial charge in [0.25, 0.3) is 11.9 Å².